The van der Waals surface area contributed by atoms with E-state index in [4.69, 9.17) is 9.47 Å². The Balaban J connectivity index is 1.35. The molecule has 0 atom stereocenters. The molecular weight excluding hydrogens is 390 g/mol. The molecule has 0 unspecified atom stereocenters. The Hall–Kier alpha value is -3.26. The maximum Gasteiger partial charge on any atom is 0.224 e. The van der Waals surface area contributed by atoms with Crippen molar-refractivity contribution < 1.29 is 18.3 Å². The van der Waals surface area contributed by atoms with Crippen LogP contribution in [0.5, 0.6) is 17.4 Å². The maximum atomic E-state index is 13.4. The Kier molecular flexibility index (Phi) is 6.04. The lowest BCUT2D eigenvalue weighted by Gasteiger charge is -2.35. The zero-order valence-electron chi connectivity index (χ0n) is 16.6. The molecule has 2 heterocycles. The van der Waals surface area contributed by atoms with Crippen LogP contribution in [0.15, 0.2) is 54.9 Å². The summed E-state index contributed by atoms with van der Waals surface area (Å²) in [6.45, 7) is 4.31. The number of hydrogen-bond acceptors (Lipinski definition) is 6. The molecule has 30 heavy (non-hydrogen) atoms. The van der Waals surface area contributed by atoms with Crippen LogP contribution in [0.3, 0.4) is 0 Å². The summed E-state index contributed by atoms with van der Waals surface area (Å²) >= 11 is 0. The Bertz CT molecular complexity index is 993. The highest BCUT2D eigenvalue weighted by Crippen LogP contribution is 2.24. The molecular formula is C22H22F2N4O2. The van der Waals surface area contributed by atoms with Gasteiger partial charge in [0.2, 0.25) is 5.88 Å². The molecule has 4 rings (SSSR count). The van der Waals surface area contributed by atoms with Gasteiger partial charge < -0.3 is 14.4 Å². The molecule has 156 valence electrons. The van der Waals surface area contributed by atoms with Crippen molar-refractivity contribution in [2.45, 2.75) is 6.54 Å². The molecule has 0 amide bonds. The number of aromatic nitrogens is 2. The molecule has 1 saturated heterocycles. The largest absolute Gasteiger partial charge is 0.497 e. The monoisotopic (exact) mass is 412 g/mol. The zero-order chi connectivity index (χ0) is 20.9. The van der Waals surface area contributed by atoms with Crippen molar-refractivity contribution in [3.8, 4) is 17.4 Å². The predicted molar refractivity (Wildman–Crippen MR) is 109 cm³/mol. The molecule has 0 N–H and O–H groups in total. The van der Waals surface area contributed by atoms with E-state index in [1.165, 1.54) is 18.0 Å². The second kappa shape index (κ2) is 9.04. The van der Waals surface area contributed by atoms with E-state index in [0.29, 0.717) is 0 Å². The maximum absolute atomic E-state index is 13.4. The van der Waals surface area contributed by atoms with Gasteiger partial charge in [-0.3, -0.25) is 4.90 Å². The summed E-state index contributed by atoms with van der Waals surface area (Å²) in [5, 5.41) is 0. The smallest absolute Gasteiger partial charge is 0.224 e. The summed E-state index contributed by atoms with van der Waals surface area (Å²) < 4.78 is 37.2. The van der Waals surface area contributed by atoms with Crippen LogP contribution in [-0.4, -0.2) is 48.2 Å². The molecule has 1 aromatic heterocycles. The van der Waals surface area contributed by atoms with Gasteiger partial charge in [-0.2, -0.15) is 0 Å². The Morgan fingerprint density at radius 3 is 2.30 bits per heavy atom. The molecule has 1 aliphatic heterocycles. The molecule has 0 radical (unpaired) electrons. The van der Waals surface area contributed by atoms with Crippen LogP contribution in [0.1, 0.15) is 5.56 Å². The van der Waals surface area contributed by atoms with Crippen LogP contribution < -0.4 is 14.4 Å². The van der Waals surface area contributed by atoms with Gasteiger partial charge in [0, 0.05) is 44.9 Å². The summed E-state index contributed by atoms with van der Waals surface area (Å²) in [6.07, 6.45) is 1.41. The Morgan fingerprint density at radius 2 is 1.60 bits per heavy atom. The molecule has 0 aliphatic carbocycles. The number of rotatable bonds is 6. The molecule has 3 aromatic rings. The number of nitrogens with zero attached hydrogens (tertiary/aromatic N) is 4. The van der Waals surface area contributed by atoms with Crippen molar-refractivity contribution in [1.29, 1.82) is 0 Å². The molecule has 8 heteroatoms. The first kappa shape index (κ1) is 20.0. The summed E-state index contributed by atoms with van der Waals surface area (Å²) in [7, 11) is 1.66. The minimum atomic E-state index is -0.963. The minimum Gasteiger partial charge on any atom is -0.497 e. The van der Waals surface area contributed by atoms with Gasteiger partial charge in [0.1, 0.15) is 23.6 Å². The van der Waals surface area contributed by atoms with E-state index >= 15 is 0 Å². The normalized spacial score (nSPS) is 14.6. The van der Waals surface area contributed by atoms with Gasteiger partial charge in [-0.25, -0.2) is 18.7 Å². The van der Waals surface area contributed by atoms with E-state index in [2.05, 4.69) is 31.9 Å². The number of anilines is 1. The second-order valence-electron chi connectivity index (χ2n) is 7.00. The molecule has 0 bridgehead atoms. The lowest BCUT2D eigenvalue weighted by Crippen LogP contribution is -2.46. The topological polar surface area (TPSA) is 50.7 Å². The Labute approximate surface area is 173 Å². The quantitative estimate of drug-likeness (QED) is 0.613. The van der Waals surface area contributed by atoms with E-state index in [0.717, 1.165) is 56.4 Å². The fourth-order valence-electron chi connectivity index (χ4n) is 3.34. The van der Waals surface area contributed by atoms with Crippen LogP contribution in [-0.2, 0) is 6.54 Å². The van der Waals surface area contributed by atoms with Gasteiger partial charge in [-0.1, -0.05) is 12.1 Å². The van der Waals surface area contributed by atoms with E-state index in [1.807, 2.05) is 12.1 Å². The second-order valence-corrected chi connectivity index (χ2v) is 7.00. The number of ether oxygens (including phenoxy) is 2. The first-order valence-electron chi connectivity index (χ1n) is 9.66. The first-order valence-corrected chi connectivity index (χ1v) is 9.66. The third-order valence-corrected chi connectivity index (χ3v) is 5.00. The third kappa shape index (κ3) is 4.83. The number of benzene rings is 2. The number of hydrogen-bond donors (Lipinski definition) is 0. The van der Waals surface area contributed by atoms with Gasteiger partial charge in [0.05, 0.1) is 7.11 Å². The molecule has 0 spiro atoms. The van der Waals surface area contributed by atoms with Crippen LogP contribution in [0.25, 0.3) is 0 Å². The van der Waals surface area contributed by atoms with Gasteiger partial charge in [0.15, 0.2) is 11.6 Å². The minimum absolute atomic E-state index is 0.183. The standard InChI is InChI=1S/C22H22F2N4O2/c1-29-17-4-2-16(3-5-17)14-27-8-10-28(11-9-27)21-13-22(26-15-25-21)30-18-6-7-19(23)20(24)12-18/h2-7,12-13,15H,8-11,14H2,1H3. The van der Waals surface area contributed by atoms with Gasteiger partial charge in [-0.15, -0.1) is 0 Å². The van der Waals surface area contributed by atoms with E-state index in [1.54, 1.807) is 13.2 Å². The zero-order valence-corrected chi connectivity index (χ0v) is 16.6. The van der Waals surface area contributed by atoms with Crippen molar-refractivity contribution in [1.82, 2.24) is 14.9 Å². The first-order chi connectivity index (χ1) is 14.6. The summed E-state index contributed by atoms with van der Waals surface area (Å²) in [6, 6.07) is 13.2. The summed E-state index contributed by atoms with van der Waals surface area (Å²) in [4.78, 5) is 12.9. The van der Waals surface area contributed by atoms with E-state index in [9.17, 15) is 8.78 Å². The fraction of sp³-hybridized carbons (Fsp3) is 0.273. The molecule has 2 aromatic carbocycles. The number of methoxy groups -OCH3 is 1. The number of halogens is 2. The van der Waals surface area contributed by atoms with Gasteiger partial charge >= 0.3 is 0 Å². The highest BCUT2D eigenvalue weighted by atomic mass is 19.2. The van der Waals surface area contributed by atoms with Crippen LogP contribution in [0, 0.1) is 11.6 Å². The highest BCUT2D eigenvalue weighted by molar-refractivity contribution is 5.42. The van der Waals surface area contributed by atoms with Crippen molar-refractivity contribution in [2.24, 2.45) is 0 Å². The SMILES string of the molecule is COc1ccc(CN2CCN(c3cc(Oc4ccc(F)c(F)c4)ncn3)CC2)cc1. The van der Waals surface area contributed by atoms with Crippen molar-refractivity contribution in [3.05, 3.63) is 72.1 Å². The van der Waals surface area contributed by atoms with Gasteiger partial charge in [-0.05, 0) is 29.8 Å². The summed E-state index contributed by atoms with van der Waals surface area (Å²) in [5.41, 5.74) is 1.24. The molecule has 1 aliphatic rings. The average molecular weight is 412 g/mol. The van der Waals surface area contributed by atoms with Crippen molar-refractivity contribution >= 4 is 5.82 Å². The van der Waals surface area contributed by atoms with Gasteiger partial charge in [0.25, 0.3) is 0 Å². The van der Waals surface area contributed by atoms with Crippen molar-refractivity contribution in [3.63, 3.8) is 0 Å². The van der Waals surface area contributed by atoms with E-state index < -0.39 is 11.6 Å². The summed E-state index contributed by atoms with van der Waals surface area (Å²) in [5.74, 6) is 0.183. The highest BCUT2D eigenvalue weighted by Gasteiger charge is 2.19. The van der Waals surface area contributed by atoms with Crippen LogP contribution in [0.4, 0.5) is 14.6 Å². The molecule has 1 fully saturated rings. The van der Waals surface area contributed by atoms with Crippen LogP contribution in [0.2, 0.25) is 0 Å². The lowest BCUT2D eigenvalue weighted by atomic mass is 10.2. The van der Waals surface area contributed by atoms with Crippen molar-refractivity contribution in [2.75, 3.05) is 38.2 Å². The molecule has 0 saturated carbocycles. The fourth-order valence-corrected chi connectivity index (χ4v) is 3.34. The third-order valence-electron chi connectivity index (χ3n) is 5.00. The average Bonchev–Trinajstić information content (AvgIpc) is 2.78. The number of piperazine rings is 1. The van der Waals surface area contributed by atoms with E-state index in [-0.39, 0.29) is 11.6 Å². The molecule has 6 nitrogen and oxygen atoms in total. The van der Waals surface area contributed by atoms with Crippen LogP contribution >= 0.6 is 0 Å². The predicted octanol–water partition coefficient (Wildman–Crippen LogP) is 3.88. The Morgan fingerprint density at radius 1 is 0.867 bits per heavy atom. The lowest BCUT2D eigenvalue weighted by molar-refractivity contribution is 0.249.